The normalized spacial score (nSPS) is 11.9. The fourth-order valence-corrected chi connectivity index (χ4v) is 1.07. The van der Waals surface area contributed by atoms with Gasteiger partial charge in [0, 0.05) is 7.05 Å². The number of amides is 1. The molecule has 0 aliphatic rings. The average molecular weight is 231 g/mol. The molecule has 1 heterocycles. The van der Waals surface area contributed by atoms with Crippen molar-refractivity contribution in [1.82, 2.24) is 20.3 Å². The smallest absolute Gasteiger partial charge is 0.242 e. The van der Waals surface area contributed by atoms with E-state index in [2.05, 4.69) is 25.6 Å². The number of anilines is 2. The highest BCUT2D eigenvalue weighted by Gasteiger charge is 2.12. The second-order valence-electron chi connectivity index (χ2n) is 2.77. The summed E-state index contributed by atoms with van der Waals surface area (Å²) < 4.78 is 0. The van der Waals surface area contributed by atoms with Crippen molar-refractivity contribution >= 4 is 29.4 Å². The molecular weight excluding hydrogens is 220 g/mol. The largest absolute Gasteiger partial charge is 0.368 e. The Morgan fingerprint density at radius 3 is 2.67 bits per heavy atom. The first-order chi connectivity index (χ1) is 7.02. The van der Waals surface area contributed by atoms with Crippen LogP contribution in [0.15, 0.2) is 0 Å². The van der Waals surface area contributed by atoms with Crippen LogP contribution in [0.25, 0.3) is 0 Å². The second-order valence-corrected chi connectivity index (χ2v) is 3.10. The number of likely N-dealkylation sites (N-methyl/N-ethyl adjacent to an activating group) is 1. The molecule has 0 aliphatic carbocycles. The molecule has 7 nitrogen and oxygen atoms in total. The summed E-state index contributed by atoms with van der Waals surface area (Å²) in [5.74, 6) is -0.0182. The third kappa shape index (κ3) is 3.21. The van der Waals surface area contributed by atoms with Crippen molar-refractivity contribution in [2.24, 2.45) is 0 Å². The zero-order valence-corrected chi connectivity index (χ0v) is 9.04. The first-order valence-electron chi connectivity index (χ1n) is 4.18. The van der Waals surface area contributed by atoms with E-state index in [1.807, 2.05) is 0 Å². The van der Waals surface area contributed by atoms with Crippen LogP contribution in [0.3, 0.4) is 0 Å². The van der Waals surface area contributed by atoms with Crippen LogP contribution in [0.2, 0.25) is 5.28 Å². The molecule has 0 spiro atoms. The van der Waals surface area contributed by atoms with Crippen LogP contribution < -0.4 is 16.4 Å². The Bertz CT molecular complexity index is 350. The van der Waals surface area contributed by atoms with Gasteiger partial charge in [-0.05, 0) is 18.5 Å². The summed E-state index contributed by atoms with van der Waals surface area (Å²) in [7, 11) is 1.54. The standard InChI is InChI=1S/C7H11ClN6O/c1-3(4(15)10-2)11-7-13-5(8)12-6(9)14-7/h3H,1-2H3,(H,10,15)(H3,9,11,12,13,14). The Balaban J connectivity index is 2.76. The number of hydrogen-bond acceptors (Lipinski definition) is 6. The number of carbonyl (C=O) groups excluding carboxylic acids is 1. The molecule has 1 aromatic rings. The molecule has 8 heteroatoms. The van der Waals surface area contributed by atoms with Crippen molar-refractivity contribution in [2.75, 3.05) is 18.1 Å². The fraction of sp³-hybridized carbons (Fsp3) is 0.429. The van der Waals surface area contributed by atoms with Gasteiger partial charge in [0.15, 0.2) is 0 Å². The summed E-state index contributed by atoms with van der Waals surface area (Å²) in [6, 6.07) is -0.479. The highest BCUT2D eigenvalue weighted by Crippen LogP contribution is 2.07. The molecule has 0 saturated carbocycles. The number of nitrogens with one attached hydrogen (secondary N) is 2. The number of rotatable bonds is 3. The van der Waals surface area contributed by atoms with Gasteiger partial charge >= 0.3 is 0 Å². The fourth-order valence-electron chi connectivity index (χ4n) is 0.906. The number of carbonyl (C=O) groups is 1. The summed E-state index contributed by atoms with van der Waals surface area (Å²) >= 11 is 5.56. The molecule has 4 N–H and O–H groups in total. The third-order valence-electron chi connectivity index (χ3n) is 1.61. The first kappa shape index (κ1) is 11.4. The first-order valence-corrected chi connectivity index (χ1v) is 4.56. The summed E-state index contributed by atoms with van der Waals surface area (Å²) in [6.45, 7) is 1.66. The van der Waals surface area contributed by atoms with Crippen LogP contribution in [0, 0.1) is 0 Å². The highest BCUT2D eigenvalue weighted by molar-refractivity contribution is 6.28. The molecule has 0 aliphatic heterocycles. The zero-order chi connectivity index (χ0) is 11.4. The highest BCUT2D eigenvalue weighted by atomic mass is 35.5. The van der Waals surface area contributed by atoms with E-state index in [9.17, 15) is 4.79 Å². The second kappa shape index (κ2) is 4.74. The molecule has 0 aromatic carbocycles. The molecule has 0 bridgehead atoms. The molecule has 0 fully saturated rings. The molecule has 15 heavy (non-hydrogen) atoms. The van der Waals surface area contributed by atoms with Crippen LogP contribution in [-0.2, 0) is 4.79 Å². The van der Waals surface area contributed by atoms with Gasteiger partial charge in [-0.3, -0.25) is 4.79 Å². The quantitative estimate of drug-likeness (QED) is 0.656. The molecule has 1 amide bonds. The average Bonchev–Trinajstić information content (AvgIpc) is 2.14. The van der Waals surface area contributed by atoms with Crippen LogP contribution in [0.4, 0.5) is 11.9 Å². The lowest BCUT2D eigenvalue weighted by atomic mass is 10.3. The van der Waals surface area contributed by atoms with E-state index in [1.165, 1.54) is 7.05 Å². The molecule has 1 atom stereocenters. The maximum absolute atomic E-state index is 11.2. The Kier molecular flexibility index (Phi) is 3.62. The number of hydrogen-bond donors (Lipinski definition) is 3. The molecular formula is C7H11ClN6O. The van der Waals surface area contributed by atoms with Crippen LogP contribution in [0.5, 0.6) is 0 Å². The van der Waals surface area contributed by atoms with E-state index < -0.39 is 6.04 Å². The zero-order valence-electron chi connectivity index (χ0n) is 8.28. The molecule has 1 rings (SSSR count). The third-order valence-corrected chi connectivity index (χ3v) is 1.78. The number of halogens is 1. The van der Waals surface area contributed by atoms with Gasteiger partial charge in [0.2, 0.25) is 23.1 Å². The minimum atomic E-state index is -0.479. The summed E-state index contributed by atoms with van der Waals surface area (Å²) in [5, 5.41) is 5.19. The molecule has 0 radical (unpaired) electrons. The van der Waals surface area contributed by atoms with E-state index in [-0.39, 0.29) is 23.1 Å². The summed E-state index contributed by atoms with van der Waals surface area (Å²) in [6.07, 6.45) is 0. The van der Waals surface area contributed by atoms with Gasteiger partial charge in [-0.1, -0.05) is 0 Å². The Morgan fingerprint density at radius 1 is 1.47 bits per heavy atom. The number of nitrogens with zero attached hydrogens (tertiary/aromatic N) is 3. The predicted octanol–water partition coefficient (Wildman–Crippen LogP) is -0.346. The van der Waals surface area contributed by atoms with E-state index in [4.69, 9.17) is 17.3 Å². The Labute approximate surface area is 91.5 Å². The predicted molar refractivity (Wildman–Crippen MR) is 56.4 cm³/mol. The van der Waals surface area contributed by atoms with Gasteiger partial charge in [-0.15, -0.1) is 0 Å². The van der Waals surface area contributed by atoms with Crippen molar-refractivity contribution in [3.63, 3.8) is 0 Å². The molecule has 1 unspecified atom stereocenters. The van der Waals surface area contributed by atoms with E-state index in [1.54, 1.807) is 6.92 Å². The monoisotopic (exact) mass is 230 g/mol. The van der Waals surface area contributed by atoms with Crippen LogP contribution in [0.1, 0.15) is 6.92 Å². The van der Waals surface area contributed by atoms with Crippen LogP contribution in [-0.4, -0.2) is 33.9 Å². The SMILES string of the molecule is CNC(=O)C(C)Nc1nc(N)nc(Cl)n1. The van der Waals surface area contributed by atoms with Gasteiger partial charge in [0.1, 0.15) is 6.04 Å². The lowest BCUT2D eigenvalue weighted by Crippen LogP contribution is -2.35. The van der Waals surface area contributed by atoms with Crippen LogP contribution >= 0.6 is 11.6 Å². The van der Waals surface area contributed by atoms with Gasteiger partial charge in [-0.25, -0.2) is 0 Å². The van der Waals surface area contributed by atoms with Crippen molar-refractivity contribution in [1.29, 1.82) is 0 Å². The van der Waals surface area contributed by atoms with E-state index in [0.717, 1.165) is 0 Å². The van der Waals surface area contributed by atoms with Crippen molar-refractivity contribution in [3.8, 4) is 0 Å². The van der Waals surface area contributed by atoms with Gasteiger partial charge < -0.3 is 16.4 Å². The van der Waals surface area contributed by atoms with Crippen molar-refractivity contribution < 1.29 is 4.79 Å². The number of nitrogens with two attached hydrogens (primary N) is 1. The summed E-state index contributed by atoms with van der Waals surface area (Å²) in [4.78, 5) is 22.3. The summed E-state index contributed by atoms with van der Waals surface area (Å²) in [5.41, 5.74) is 5.36. The molecule has 82 valence electrons. The minimum absolute atomic E-state index is 0.00149. The molecule has 0 saturated heterocycles. The number of aromatic nitrogens is 3. The Morgan fingerprint density at radius 2 is 2.13 bits per heavy atom. The van der Waals surface area contributed by atoms with E-state index in [0.29, 0.717) is 0 Å². The lowest BCUT2D eigenvalue weighted by molar-refractivity contribution is -0.121. The van der Waals surface area contributed by atoms with E-state index >= 15 is 0 Å². The topological polar surface area (TPSA) is 106 Å². The number of nitrogen functional groups attached to an aromatic ring is 1. The maximum Gasteiger partial charge on any atom is 0.242 e. The minimum Gasteiger partial charge on any atom is -0.368 e. The van der Waals surface area contributed by atoms with Crippen molar-refractivity contribution in [2.45, 2.75) is 13.0 Å². The molecule has 1 aromatic heterocycles. The maximum atomic E-state index is 11.2. The lowest BCUT2D eigenvalue weighted by Gasteiger charge is -2.11. The van der Waals surface area contributed by atoms with Crippen molar-refractivity contribution in [3.05, 3.63) is 5.28 Å². The Hall–Kier alpha value is -1.63. The van der Waals surface area contributed by atoms with Gasteiger partial charge in [0.05, 0.1) is 0 Å². The van der Waals surface area contributed by atoms with Gasteiger partial charge in [0.25, 0.3) is 0 Å². The van der Waals surface area contributed by atoms with Gasteiger partial charge in [-0.2, -0.15) is 15.0 Å².